The zero-order chi connectivity index (χ0) is 13.2. The van der Waals surface area contributed by atoms with Gasteiger partial charge in [-0.1, -0.05) is 52.4 Å². The predicted molar refractivity (Wildman–Crippen MR) is 74.7 cm³/mol. The Morgan fingerprint density at radius 1 is 1.11 bits per heavy atom. The Balaban J connectivity index is 2.19. The fourth-order valence-corrected chi connectivity index (χ4v) is 2.65. The minimum Gasteiger partial charge on any atom is -0.449 e. The Kier molecular flexibility index (Phi) is 7.86. The van der Waals surface area contributed by atoms with Crippen LogP contribution in [0.15, 0.2) is 0 Å². The van der Waals surface area contributed by atoms with Crippen molar-refractivity contribution in [1.82, 2.24) is 4.90 Å². The minimum absolute atomic E-state index is 0.0981. The van der Waals surface area contributed by atoms with Crippen LogP contribution < -0.4 is 0 Å². The van der Waals surface area contributed by atoms with Gasteiger partial charge in [0.15, 0.2) is 0 Å². The van der Waals surface area contributed by atoms with Crippen molar-refractivity contribution in [3.8, 4) is 0 Å². The van der Waals surface area contributed by atoms with E-state index in [9.17, 15) is 4.79 Å². The first-order chi connectivity index (χ1) is 8.79. The van der Waals surface area contributed by atoms with Crippen LogP contribution in [0.4, 0.5) is 4.79 Å². The van der Waals surface area contributed by atoms with Crippen LogP contribution in [0.25, 0.3) is 0 Å². The van der Waals surface area contributed by atoms with E-state index >= 15 is 0 Å². The SMILES string of the molecule is CCCCCCCCC1CCOC(=O)N1CCC. The molecule has 1 atom stereocenters. The molecule has 1 amide bonds. The predicted octanol–water partition coefficient (Wildman–Crippen LogP) is 4.36. The smallest absolute Gasteiger partial charge is 0.410 e. The minimum atomic E-state index is -0.0981. The fraction of sp³-hybridized carbons (Fsp3) is 0.933. The maximum absolute atomic E-state index is 11.7. The third-order valence-corrected chi connectivity index (χ3v) is 3.71. The highest BCUT2D eigenvalue weighted by atomic mass is 16.6. The van der Waals surface area contributed by atoms with E-state index in [2.05, 4.69) is 13.8 Å². The molecule has 18 heavy (non-hydrogen) atoms. The number of rotatable bonds is 9. The first kappa shape index (κ1) is 15.3. The van der Waals surface area contributed by atoms with Crippen LogP contribution in [0.3, 0.4) is 0 Å². The summed E-state index contributed by atoms with van der Waals surface area (Å²) >= 11 is 0. The largest absolute Gasteiger partial charge is 0.449 e. The molecule has 0 aliphatic carbocycles. The fourth-order valence-electron chi connectivity index (χ4n) is 2.65. The van der Waals surface area contributed by atoms with Crippen molar-refractivity contribution in [1.29, 1.82) is 0 Å². The maximum Gasteiger partial charge on any atom is 0.410 e. The summed E-state index contributed by atoms with van der Waals surface area (Å²) in [4.78, 5) is 13.6. The Hall–Kier alpha value is -0.730. The third kappa shape index (κ3) is 5.28. The molecule has 0 saturated carbocycles. The number of hydrogen-bond donors (Lipinski definition) is 0. The van der Waals surface area contributed by atoms with E-state index in [1.54, 1.807) is 0 Å². The van der Waals surface area contributed by atoms with Crippen molar-refractivity contribution in [2.24, 2.45) is 0 Å². The van der Waals surface area contributed by atoms with Gasteiger partial charge in [-0.15, -0.1) is 0 Å². The van der Waals surface area contributed by atoms with Crippen molar-refractivity contribution in [3.05, 3.63) is 0 Å². The van der Waals surface area contributed by atoms with Gasteiger partial charge < -0.3 is 9.64 Å². The van der Waals surface area contributed by atoms with Gasteiger partial charge in [0.05, 0.1) is 6.61 Å². The van der Waals surface area contributed by atoms with Crippen molar-refractivity contribution in [2.75, 3.05) is 13.2 Å². The monoisotopic (exact) mass is 255 g/mol. The van der Waals surface area contributed by atoms with Crippen LogP contribution in [0.5, 0.6) is 0 Å². The van der Waals surface area contributed by atoms with Crippen LogP contribution in [0.2, 0.25) is 0 Å². The van der Waals surface area contributed by atoms with Crippen molar-refractivity contribution in [3.63, 3.8) is 0 Å². The van der Waals surface area contributed by atoms with E-state index in [0.29, 0.717) is 12.6 Å². The molecule has 1 aliphatic rings. The summed E-state index contributed by atoms with van der Waals surface area (Å²) in [7, 11) is 0. The molecule has 0 N–H and O–H groups in total. The Labute approximate surface area is 112 Å². The number of unbranched alkanes of at least 4 members (excludes halogenated alkanes) is 5. The van der Waals surface area contributed by atoms with Crippen LogP contribution in [-0.4, -0.2) is 30.2 Å². The summed E-state index contributed by atoms with van der Waals surface area (Å²) in [5.74, 6) is 0. The Morgan fingerprint density at radius 2 is 1.83 bits per heavy atom. The van der Waals surface area contributed by atoms with Crippen LogP contribution in [0.1, 0.15) is 71.6 Å². The van der Waals surface area contributed by atoms with Gasteiger partial charge in [0, 0.05) is 19.0 Å². The molecule has 1 heterocycles. The molecule has 0 aromatic heterocycles. The number of amides is 1. The van der Waals surface area contributed by atoms with E-state index in [1.807, 2.05) is 4.90 Å². The number of ether oxygens (including phenoxy) is 1. The number of carbonyl (C=O) groups excluding carboxylic acids is 1. The second-order valence-electron chi connectivity index (χ2n) is 5.31. The molecule has 0 bridgehead atoms. The molecule has 0 radical (unpaired) electrons. The lowest BCUT2D eigenvalue weighted by molar-refractivity contribution is 0.0410. The number of nitrogens with zero attached hydrogens (tertiary/aromatic N) is 1. The standard InChI is InChI=1S/C15H29NO2/c1-3-5-6-7-8-9-10-14-11-13-18-15(17)16(14)12-4-2/h14H,3-13H2,1-2H3. The van der Waals surface area contributed by atoms with Crippen molar-refractivity contribution in [2.45, 2.75) is 77.7 Å². The zero-order valence-corrected chi connectivity index (χ0v) is 12.1. The van der Waals surface area contributed by atoms with E-state index in [0.717, 1.165) is 25.8 Å². The summed E-state index contributed by atoms with van der Waals surface area (Å²) in [5.41, 5.74) is 0. The molecule has 3 nitrogen and oxygen atoms in total. The summed E-state index contributed by atoms with van der Waals surface area (Å²) in [5, 5.41) is 0. The average molecular weight is 255 g/mol. The molecule has 1 saturated heterocycles. The van der Waals surface area contributed by atoms with Gasteiger partial charge in [-0.05, 0) is 12.8 Å². The van der Waals surface area contributed by atoms with Gasteiger partial charge in [0.1, 0.15) is 0 Å². The van der Waals surface area contributed by atoms with Crippen molar-refractivity contribution < 1.29 is 9.53 Å². The number of cyclic esters (lactones) is 1. The Morgan fingerprint density at radius 3 is 2.56 bits per heavy atom. The lowest BCUT2D eigenvalue weighted by Crippen LogP contribution is -2.45. The molecule has 0 spiro atoms. The second-order valence-corrected chi connectivity index (χ2v) is 5.31. The van der Waals surface area contributed by atoms with Gasteiger partial charge in [-0.25, -0.2) is 4.79 Å². The highest BCUT2D eigenvalue weighted by Crippen LogP contribution is 2.20. The summed E-state index contributed by atoms with van der Waals surface area (Å²) in [6.07, 6.45) is 11.0. The summed E-state index contributed by atoms with van der Waals surface area (Å²) in [6, 6.07) is 0.428. The van der Waals surface area contributed by atoms with Gasteiger partial charge >= 0.3 is 6.09 Å². The lowest BCUT2D eigenvalue weighted by atomic mass is 10.0. The third-order valence-electron chi connectivity index (χ3n) is 3.71. The Bertz CT molecular complexity index is 231. The molecule has 1 rings (SSSR count). The van der Waals surface area contributed by atoms with E-state index in [-0.39, 0.29) is 6.09 Å². The van der Waals surface area contributed by atoms with E-state index in [1.165, 1.54) is 38.5 Å². The van der Waals surface area contributed by atoms with E-state index < -0.39 is 0 Å². The summed E-state index contributed by atoms with van der Waals surface area (Å²) in [6.45, 7) is 5.82. The molecule has 1 fully saturated rings. The topological polar surface area (TPSA) is 29.5 Å². The van der Waals surface area contributed by atoms with E-state index in [4.69, 9.17) is 4.74 Å². The highest BCUT2D eigenvalue weighted by Gasteiger charge is 2.28. The zero-order valence-electron chi connectivity index (χ0n) is 12.1. The van der Waals surface area contributed by atoms with Gasteiger partial charge in [0.25, 0.3) is 0 Å². The molecular formula is C15H29NO2. The maximum atomic E-state index is 11.7. The molecular weight excluding hydrogens is 226 g/mol. The molecule has 0 aromatic carbocycles. The van der Waals surface area contributed by atoms with Gasteiger partial charge in [0.2, 0.25) is 0 Å². The van der Waals surface area contributed by atoms with Gasteiger partial charge in [-0.2, -0.15) is 0 Å². The molecule has 1 unspecified atom stereocenters. The lowest BCUT2D eigenvalue weighted by Gasteiger charge is -2.34. The molecule has 0 aromatic rings. The average Bonchev–Trinajstić information content (AvgIpc) is 2.37. The highest BCUT2D eigenvalue weighted by molar-refractivity contribution is 5.68. The quantitative estimate of drug-likeness (QED) is 0.573. The molecule has 106 valence electrons. The van der Waals surface area contributed by atoms with Crippen LogP contribution in [0, 0.1) is 0 Å². The van der Waals surface area contributed by atoms with Gasteiger partial charge in [-0.3, -0.25) is 0 Å². The molecule has 1 aliphatic heterocycles. The second kappa shape index (κ2) is 9.23. The number of carbonyl (C=O) groups is 1. The van der Waals surface area contributed by atoms with Crippen LogP contribution >= 0.6 is 0 Å². The molecule has 3 heteroatoms. The first-order valence-electron chi connectivity index (χ1n) is 7.73. The van der Waals surface area contributed by atoms with Crippen LogP contribution in [-0.2, 0) is 4.74 Å². The first-order valence-corrected chi connectivity index (χ1v) is 7.73. The summed E-state index contributed by atoms with van der Waals surface area (Å²) < 4.78 is 5.12. The van der Waals surface area contributed by atoms with Crippen molar-refractivity contribution >= 4 is 6.09 Å². The normalized spacial score (nSPS) is 20.0. The number of hydrogen-bond acceptors (Lipinski definition) is 2.